The molecule has 1 aromatic heterocycles. The third kappa shape index (κ3) is 3.78. The summed E-state index contributed by atoms with van der Waals surface area (Å²) in [6.07, 6.45) is 4.47. The van der Waals surface area contributed by atoms with Crippen molar-refractivity contribution in [1.29, 1.82) is 0 Å². The van der Waals surface area contributed by atoms with E-state index in [0.29, 0.717) is 10.9 Å². The highest BCUT2D eigenvalue weighted by atomic mass is 32.1. The molecule has 0 bridgehead atoms. The average Bonchev–Trinajstić information content (AvgIpc) is 2.89. The van der Waals surface area contributed by atoms with E-state index >= 15 is 0 Å². The average molecular weight is 283 g/mol. The molecule has 106 valence electrons. The lowest BCUT2D eigenvalue weighted by molar-refractivity contribution is 0.0606. The van der Waals surface area contributed by atoms with Crippen LogP contribution in [0.25, 0.3) is 0 Å². The van der Waals surface area contributed by atoms with Gasteiger partial charge in [-0.05, 0) is 37.9 Å². The van der Waals surface area contributed by atoms with Gasteiger partial charge in [-0.2, -0.15) is 0 Å². The Hall–Kier alpha value is -0.910. The number of esters is 1. The number of likely N-dealkylation sites (tertiary alicyclic amines) is 1. The molecule has 0 saturated carbocycles. The molecule has 0 radical (unpaired) electrons. The molecule has 1 aliphatic rings. The SMILES string of the molecule is COC(=O)c1ccc(CN2CCCCC2CCO)s1. The maximum Gasteiger partial charge on any atom is 0.348 e. The van der Waals surface area contributed by atoms with Crippen molar-refractivity contribution >= 4 is 17.3 Å². The first kappa shape index (κ1) is 14.5. The monoisotopic (exact) mass is 283 g/mol. The van der Waals surface area contributed by atoms with Crippen molar-refractivity contribution in [2.24, 2.45) is 0 Å². The van der Waals surface area contributed by atoms with Gasteiger partial charge in [0.1, 0.15) is 4.88 Å². The fourth-order valence-electron chi connectivity index (χ4n) is 2.62. The normalized spacial score (nSPS) is 20.4. The van der Waals surface area contributed by atoms with Crippen LogP contribution in [0.1, 0.15) is 40.2 Å². The van der Waals surface area contributed by atoms with Gasteiger partial charge in [0.25, 0.3) is 0 Å². The summed E-state index contributed by atoms with van der Waals surface area (Å²) in [7, 11) is 1.41. The molecular formula is C14H21NO3S. The molecule has 1 atom stereocenters. The van der Waals surface area contributed by atoms with E-state index in [1.807, 2.05) is 12.1 Å². The highest BCUT2D eigenvalue weighted by Gasteiger charge is 2.22. The lowest BCUT2D eigenvalue weighted by Crippen LogP contribution is -2.39. The van der Waals surface area contributed by atoms with Gasteiger partial charge in [-0.25, -0.2) is 4.79 Å². The Morgan fingerprint density at radius 3 is 3.11 bits per heavy atom. The Morgan fingerprint density at radius 1 is 1.53 bits per heavy atom. The lowest BCUT2D eigenvalue weighted by atomic mass is 9.99. The van der Waals surface area contributed by atoms with Gasteiger partial charge >= 0.3 is 5.97 Å². The van der Waals surface area contributed by atoms with Crippen molar-refractivity contribution < 1.29 is 14.6 Å². The van der Waals surface area contributed by atoms with Crippen LogP contribution in [-0.2, 0) is 11.3 Å². The summed E-state index contributed by atoms with van der Waals surface area (Å²) in [6, 6.07) is 4.31. The number of hydrogen-bond donors (Lipinski definition) is 1. The molecule has 2 heterocycles. The molecule has 1 saturated heterocycles. The second-order valence-corrected chi connectivity index (χ2v) is 6.06. The van der Waals surface area contributed by atoms with Gasteiger partial charge < -0.3 is 9.84 Å². The van der Waals surface area contributed by atoms with E-state index in [4.69, 9.17) is 9.84 Å². The number of aliphatic hydroxyl groups is 1. The van der Waals surface area contributed by atoms with Crippen LogP contribution in [-0.4, -0.2) is 42.3 Å². The number of nitrogens with zero attached hydrogens (tertiary/aromatic N) is 1. The highest BCUT2D eigenvalue weighted by Crippen LogP contribution is 2.25. The molecule has 1 fully saturated rings. The van der Waals surface area contributed by atoms with Crippen molar-refractivity contribution in [3.63, 3.8) is 0 Å². The number of thiophene rings is 1. The fraction of sp³-hybridized carbons (Fsp3) is 0.643. The molecule has 1 aromatic rings. The molecule has 0 aliphatic carbocycles. The Labute approximate surface area is 118 Å². The van der Waals surface area contributed by atoms with Gasteiger partial charge in [0.05, 0.1) is 7.11 Å². The number of ether oxygens (including phenoxy) is 1. The van der Waals surface area contributed by atoms with E-state index in [1.54, 1.807) is 0 Å². The van der Waals surface area contributed by atoms with Gasteiger partial charge in [-0.3, -0.25) is 4.90 Å². The summed E-state index contributed by atoms with van der Waals surface area (Å²) in [4.78, 5) is 15.7. The van der Waals surface area contributed by atoms with Crippen molar-refractivity contribution in [2.75, 3.05) is 20.3 Å². The largest absolute Gasteiger partial charge is 0.465 e. The van der Waals surface area contributed by atoms with Gasteiger partial charge in [0.15, 0.2) is 0 Å². The van der Waals surface area contributed by atoms with Crippen LogP contribution in [0, 0.1) is 0 Å². The Morgan fingerprint density at radius 2 is 2.37 bits per heavy atom. The van der Waals surface area contributed by atoms with Crippen LogP contribution in [0.2, 0.25) is 0 Å². The summed E-state index contributed by atoms with van der Waals surface area (Å²) >= 11 is 1.50. The van der Waals surface area contributed by atoms with E-state index in [0.717, 1.165) is 25.9 Å². The van der Waals surface area contributed by atoms with Crippen LogP contribution in [0.5, 0.6) is 0 Å². The smallest absolute Gasteiger partial charge is 0.348 e. The maximum atomic E-state index is 11.4. The molecule has 1 unspecified atom stereocenters. The minimum absolute atomic E-state index is 0.249. The second kappa shape index (κ2) is 7.03. The van der Waals surface area contributed by atoms with E-state index in [1.165, 1.54) is 36.2 Å². The number of hydrogen-bond acceptors (Lipinski definition) is 5. The van der Waals surface area contributed by atoms with Gasteiger partial charge in [0, 0.05) is 24.1 Å². The summed E-state index contributed by atoms with van der Waals surface area (Å²) in [5, 5.41) is 9.13. The zero-order valence-corrected chi connectivity index (χ0v) is 12.1. The van der Waals surface area contributed by atoms with Gasteiger partial charge in [-0.15, -0.1) is 11.3 Å². The quantitative estimate of drug-likeness (QED) is 0.842. The number of rotatable bonds is 5. The first-order valence-electron chi connectivity index (χ1n) is 6.76. The van der Waals surface area contributed by atoms with Crippen molar-refractivity contribution in [3.05, 3.63) is 21.9 Å². The topological polar surface area (TPSA) is 49.8 Å². The van der Waals surface area contributed by atoms with E-state index in [9.17, 15) is 4.79 Å². The van der Waals surface area contributed by atoms with E-state index in [2.05, 4.69) is 4.90 Å². The first-order chi connectivity index (χ1) is 9.24. The fourth-order valence-corrected chi connectivity index (χ4v) is 3.57. The predicted octanol–water partition coefficient (Wildman–Crippen LogP) is 2.27. The maximum absolute atomic E-state index is 11.4. The molecule has 19 heavy (non-hydrogen) atoms. The van der Waals surface area contributed by atoms with Gasteiger partial charge in [0.2, 0.25) is 0 Å². The van der Waals surface area contributed by atoms with Gasteiger partial charge in [-0.1, -0.05) is 6.42 Å². The lowest BCUT2D eigenvalue weighted by Gasteiger charge is -2.35. The number of methoxy groups -OCH3 is 1. The first-order valence-corrected chi connectivity index (χ1v) is 7.58. The molecule has 5 heteroatoms. The zero-order valence-electron chi connectivity index (χ0n) is 11.3. The number of piperidine rings is 1. The second-order valence-electron chi connectivity index (χ2n) is 4.89. The van der Waals surface area contributed by atoms with Crippen LogP contribution in [0.15, 0.2) is 12.1 Å². The van der Waals surface area contributed by atoms with Crippen LogP contribution < -0.4 is 0 Å². The Balaban J connectivity index is 1.98. The molecule has 0 aromatic carbocycles. The minimum atomic E-state index is -0.262. The van der Waals surface area contributed by atoms with Crippen molar-refractivity contribution in [2.45, 2.75) is 38.3 Å². The number of carbonyl (C=O) groups is 1. The molecule has 4 nitrogen and oxygen atoms in total. The summed E-state index contributed by atoms with van der Waals surface area (Å²) < 4.78 is 4.72. The van der Waals surface area contributed by atoms with Crippen molar-refractivity contribution in [1.82, 2.24) is 4.90 Å². The summed E-state index contributed by atoms with van der Waals surface area (Å²) in [5.74, 6) is -0.262. The third-order valence-electron chi connectivity index (χ3n) is 3.62. The van der Waals surface area contributed by atoms with Crippen LogP contribution in [0.4, 0.5) is 0 Å². The standard InChI is InChI=1S/C14H21NO3S/c1-18-14(17)13-6-5-12(19-13)10-15-8-3-2-4-11(15)7-9-16/h5-6,11,16H,2-4,7-10H2,1H3. The summed E-state index contributed by atoms with van der Waals surface area (Å²) in [5.41, 5.74) is 0. The minimum Gasteiger partial charge on any atom is -0.465 e. The summed E-state index contributed by atoms with van der Waals surface area (Å²) in [6.45, 7) is 2.20. The van der Waals surface area contributed by atoms with E-state index in [-0.39, 0.29) is 12.6 Å². The molecule has 1 aliphatic heterocycles. The van der Waals surface area contributed by atoms with Crippen LogP contribution >= 0.6 is 11.3 Å². The Bertz CT molecular complexity index is 417. The molecule has 2 rings (SSSR count). The van der Waals surface area contributed by atoms with E-state index < -0.39 is 0 Å². The number of carbonyl (C=O) groups excluding carboxylic acids is 1. The van der Waals surface area contributed by atoms with Crippen LogP contribution in [0.3, 0.4) is 0 Å². The Kier molecular flexibility index (Phi) is 5.36. The molecule has 0 amide bonds. The highest BCUT2D eigenvalue weighted by molar-refractivity contribution is 7.13. The predicted molar refractivity (Wildman–Crippen MR) is 75.4 cm³/mol. The third-order valence-corrected chi connectivity index (χ3v) is 4.67. The molecule has 0 spiro atoms. The zero-order chi connectivity index (χ0) is 13.7. The van der Waals surface area contributed by atoms with Crippen molar-refractivity contribution in [3.8, 4) is 0 Å². The molecule has 1 N–H and O–H groups in total. The number of aliphatic hydroxyl groups excluding tert-OH is 1. The molecular weight excluding hydrogens is 262 g/mol.